The maximum absolute atomic E-state index is 11.8. The lowest BCUT2D eigenvalue weighted by Gasteiger charge is -2.17. The Morgan fingerprint density at radius 3 is 2.76 bits per heavy atom. The first-order valence-electron chi connectivity index (χ1n) is 6.70. The van der Waals surface area contributed by atoms with E-state index in [2.05, 4.69) is 10.3 Å². The van der Waals surface area contributed by atoms with Gasteiger partial charge in [0.25, 0.3) is 0 Å². The Morgan fingerprint density at radius 1 is 1.38 bits per heavy atom. The number of hydrogen-bond donors (Lipinski definition) is 1. The first-order chi connectivity index (χ1) is 10.0. The van der Waals surface area contributed by atoms with Gasteiger partial charge in [0.05, 0.1) is 18.0 Å². The van der Waals surface area contributed by atoms with Gasteiger partial charge in [0.1, 0.15) is 0 Å². The second-order valence-corrected chi connectivity index (χ2v) is 5.88. The maximum atomic E-state index is 11.8. The monoisotopic (exact) mass is 305 g/mol. The summed E-state index contributed by atoms with van der Waals surface area (Å²) in [5, 5.41) is 3.96. The van der Waals surface area contributed by atoms with E-state index in [-0.39, 0.29) is 5.97 Å². The van der Waals surface area contributed by atoms with Gasteiger partial charge in [-0.15, -0.1) is 11.3 Å². The zero-order valence-corrected chi connectivity index (χ0v) is 13.5. The molecular formula is C15H19N3O2S. The van der Waals surface area contributed by atoms with E-state index in [0.29, 0.717) is 17.4 Å². The first-order valence-corrected chi connectivity index (χ1v) is 7.52. The predicted molar refractivity (Wildman–Crippen MR) is 86.9 cm³/mol. The molecule has 0 fully saturated rings. The topological polar surface area (TPSA) is 54.5 Å². The predicted octanol–water partition coefficient (Wildman–Crippen LogP) is 3.44. The minimum atomic E-state index is -0.375. The molecule has 0 amide bonds. The fourth-order valence-corrected chi connectivity index (χ4v) is 2.74. The van der Waals surface area contributed by atoms with Crippen molar-refractivity contribution in [2.24, 2.45) is 0 Å². The molecule has 1 aromatic heterocycles. The Balaban J connectivity index is 2.25. The second-order valence-electron chi connectivity index (χ2n) is 4.68. The van der Waals surface area contributed by atoms with E-state index in [1.165, 1.54) is 11.3 Å². The van der Waals surface area contributed by atoms with Gasteiger partial charge < -0.3 is 15.0 Å². The summed E-state index contributed by atoms with van der Waals surface area (Å²) in [6, 6.07) is 7.95. The molecule has 21 heavy (non-hydrogen) atoms. The molecule has 1 N–H and O–H groups in total. The van der Waals surface area contributed by atoms with E-state index < -0.39 is 0 Å². The number of aromatic nitrogens is 1. The van der Waals surface area contributed by atoms with E-state index >= 15 is 0 Å². The molecule has 0 spiro atoms. The van der Waals surface area contributed by atoms with Gasteiger partial charge in [0, 0.05) is 19.0 Å². The SMILES string of the molecule is CCOC(=O)c1nc(Nc2ccccc2N(C)C)sc1C. The highest BCUT2D eigenvalue weighted by Gasteiger charge is 2.17. The third-order valence-corrected chi connectivity index (χ3v) is 3.78. The van der Waals surface area contributed by atoms with Crippen LogP contribution in [0, 0.1) is 6.92 Å². The highest BCUT2D eigenvalue weighted by Crippen LogP contribution is 2.30. The molecule has 2 aromatic rings. The van der Waals surface area contributed by atoms with Gasteiger partial charge in [-0.25, -0.2) is 9.78 Å². The van der Waals surface area contributed by atoms with E-state index in [1.807, 2.05) is 50.2 Å². The zero-order valence-electron chi connectivity index (χ0n) is 12.6. The van der Waals surface area contributed by atoms with Crippen molar-refractivity contribution in [2.75, 3.05) is 30.9 Å². The summed E-state index contributed by atoms with van der Waals surface area (Å²) < 4.78 is 5.00. The Labute approximate surface area is 128 Å². The molecule has 112 valence electrons. The summed E-state index contributed by atoms with van der Waals surface area (Å²) in [5.41, 5.74) is 2.39. The average Bonchev–Trinajstić information content (AvgIpc) is 2.80. The molecule has 0 aliphatic rings. The van der Waals surface area contributed by atoms with Crippen molar-refractivity contribution in [1.82, 2.24) is 4.98 Å². The van der Waals surface area contributed by atoms with E-state index in [9.17, 15) is 4.79 Å². The Morgan fingerprint density at radius 2 is 2.10 bits per heavy atom. The van der Waals surface area contributed by atoms with Crippen LogP contribution >= 0.6 is 11.3 Å². The third kappa shape index (κ3) is 3.52. The highest BCUT2D eigenvalue weighted by molar-refractivity contribution is 7.15. The number of aryl methyl sites for hydroxylation is 1. The number of benzene rings is 1. The van der Waals surface area contributed by atoms with Gasteiger partial charge in [-0.3, -0.25) is 0 Å². The van der Waals surface area contributed by atoms with Crippen molar-refractivity contribution in [2.45, 2.75) is 13.8 Å². The number of para-hydroxylation sites is 2. The minimum Gasteiger partial charge on any atom is -0.461 e. The molecule has 0 saturated heterocycles. The zero-order chi connectivity index (χ0) is 15.4. The molecule has 6 heteroatoms. The number of hydrogen-bond acceptors (Lipinski definition) is 6. The van der Waals surface area contributed by atoms with Crippen molar-refractivity contribution in [3.8, 4) is 0 Å². The highest BCUT2D eigenvalue weighted by atomic mass is 32.1. The van der Waals surface area contributed by atoms with E-state index in [4.69, 9.17) is 4.74 Å². The van der Waals surface area contributed by atoms with Crippen LogP contribution in [0.2, 0.25) is 0 Å². The van der Waals surface area contributed by atoms with Crippen molar-refractivity contribution >= 4 is 33.8 Å². The van der Waals surface area contributed by atoms with Gasteiger partial charge in [-0.05, 0) is 26.0 Å². The molecule has 0 saturated carbocycles. The number of nitrogens with zero attached hydrogens (tertiary/aromatic N) is 2. The van der Waals surface area contributed by atoms with Crippen molar-refractivity contribution in [3.63, 3.8) is 0 Å². The van der Waals surface area contributed by atoms with Crippen LogP contribution in [-0.4, -0.2) is 31.7 Å². The molecule has 0 radical (unpaired) electrons. The van der Waals surface area contributed by atoms with Gasteiger partial charge in [-0.2, -0.15) is 0 Å². The quantitative estimate of drug-likeness (QED) is 0.858. The first kappa shape index (κ1) is 15.3. The normalized spacial score (nSPS) is 10.3. The largest absolute Gasteiger partial charge is 0.461 e. The second kappa shape index (κ2) is 6.58. The molecule has 1 aromatic carbocycles. The number of esters is 1. The lowest BCUT2D eigenvalue weighted by atomic mass is 10.2. The number of rotatable bonds is 5. The molecule has 0 unspecified atom stereocenters. The molecule has 5 nitrogen and oxygen atoms in total. The summed E-state index contributed by atoms with van der Waals surface area (Å²) in [4.78, 5) is 19.0. The van der Waals surface area contributed by atoms with Gasteiger partial charge in [-0.1, -0.05) is 12.1 Å². The number of carbonyl (C=O) groups excluding carboxylic acids is 1. The van der Waals surface area contributed by atoms with Crippen LogP contribution in [0.5, 0.6) is 0 Å². The number of ether oxygens (including phenoxy) is 1. The van der Waals surface area contributed by atoms with Crippen molar-refractivity contribution < 1.29 is 9.53 Å². The van der Waals surface area contributed by atoms with Gasteiger partial charge in [0.2, 0.25) is 0 Å². The maximum Gasteiger partial charge on any atom is 0.358 e. The smallest absolute Gasteiger partial charge is 0.358 e. The number of thiazole rings is 1. The van der Waals surface area contributed by atoms with Crippen LogP contribution in [0.1, 0.15) is 22.3 Å². The standard InChI is InChI=1S/C15H19N3O2S/c1-5-20-14(19)13-10(2)21-15(17-13)16-11-8-6-7-9-12(11)18(3)4/h6-9H,5H2,1-4H3,(H,16,17). The fourth-order valence-electron chi connectivity index (χ4n) is 1.92. The summed E-state index contributed by atoms with van der Waals surface area (Å²) in [7, 11) is 3.97. The third-order valence-electron chi connectivity index (χ3n) is 2.89. The van der Waals surface area contributed by atoms with Crippen LogP contribution in [0.3, 0.4) is 0 Å². The molecule has 0 aliphatic heterocycles. The summed E-state index contributed by atoms with van der Waals surface area (Å²) in [6.45, 7) is 4.00. The Kier molecular flexibility index (Phi) is 4.80. The van der Waals surface area contributed by atoms with Crippen molar-refractivity contribution in [1.29, 1.82) is 0 Å². The fraction of sp³-hybridized carbons (Fsp3) is 0.333. The van der Waals surface area contributed by atoms with E-state index in [0.717, 1.165) is 16.3 Å². The summed E-state index contributed by atoms with van der Waals surface area (Å²) in [6.07, 6.45) is 0. The van der Waals surface area contributed by atoms with Crippen LogP contribution in [0.15, 0.2) is 24.3 Å². The molecule has 0 bridgehead atoms. The molecule has 2 rings (SSSR count). The van der Waals surface area contributed by atoms with Crippen LogP contribution < -0.4 is 10.2 Å². The van der Waals surface area contributed by atoms with Crippen LogP contribution in [-0.2, 0) is 4.74 Å². The van der Waals surface area contributed by atoms with Gasteiger partial charge in [0.15, 0.2) is 10.8 Å². The molecule has 0 aliphatic carbocycles. The van der Waals surface area contributed by atoms with Gasteiger partial charge >= 0.3 is 5.97 Å². The van der Waals surface area contributed by atoms with Crippen molar-refractivity contribution in [3.05, 3.63) is 34.8 Å². The lowest BCUT2D eigenvalue weighted by molar-refractivity contribution is 0.0519. The molecule has 1 heterocycles. The number of nitrogens with one attached hydrogen (secondary N) is 1. The number of carbonyl (C=O) groups is 1. The van der Waals surface area contributed by atoms with Crippen LogP contribution in [0.25, 0.3) is 0 Å². The summed E-state index contributed by atoms with van der Waals surface area (Å²) in [5.74, 6) is -0.375. The Bertz CT molecular complexity index is 638. The average molecular weight is 305 g/mol. The molecular weight excluding hydrogens is 286 g/mol. The Hall–Kier alpha value is -2.08. The molecule has 0 atom stereocenters. The number of anilines is 3. The minimum absolute atomic E-state index is 0.349. The summed E-state index contributed by atoms with van der Waals surface area (Å²) >= 11 is 1.44. The van der Waals surface area contributed by atoms with Crippen LogP contribution in [0.4, 0.5) is 16.5 Å². The lowest BCUT2D eigenvalue weighted by Crippen LogP contribution is -2.10. The van der Waals surface area contributed by atoms with E-state index in [1.54, 1.807) is 6.92 Å².